The van der Waals surface area contributed by atoms with E-state index in [1.807, 2.05) is 6.92 Å². The number of rotatable bonds is 6. The molecule has 116 valence electrons. The topological polar surface area (TPSA) is 72.2 Å². The van der Waals surface area contributed by atoms with Crippen LogP contribution in [0.4, 0.5) is 5.69 Å². The standard InChI is InChI=1S/C14H18Cl2N2O3/c1-4-8(2)5-9(3)17-14(19)11-6-10(18(20)21)7-12(15)13(11)16/h6-9H,4-5H2,1-3H3,(H,17,19). The fraction of sp³-hybridized carbons (Fsp3) is 0.500. The lowest BCUT2D eigenvalue weighted by Crippen LogP contribution is -2.34. The fourth-order valence-corrected chi connectivity index (χ4v) is 2.38. The summed E-state index contributed by atoms with van der Waals surface area (Å²) in [5.41, 5.74) is -0.240. The third-order valence-corrected chi connectivity index (χ3v) is 4.10. The Hall–Kier alpha value is -1.33. The Morgan fingerprint density at radius 3 is 2.52 bits per heavy atom. The van der Waals surface area contributed by atoms with E-state index in [9.17, 15) is 14.9 Å². The lowest BCUT2D eigenvalue weighted by Gasteiger charge is -2.18. The molecule has 0 saturated carbocycles. The van der Waals surface area contributed by atoms with Gasteiger partial charge in [0, 0.05) is 18.2 Å². The average molecular weight is 333 g/mol. The van der Waals surface area contributed by atoms with Crippen molar-refractivity contribution in [3.63, 3.8) is 0 Å². The summed E-state index contributed by atoms with van der Waals surface area (Å²) in [4.78, 5) is 22.4. The lowest BCUT2D eigenvalue weighted by atomic mass is 10.00. The van der Waals surface area contributed by atoms with Crippen LogP contribution in [0.3, 0.4) is 0 Å². The number of hydrogen-bond acceptors (Lipinski definition) is 3. The van der Waals surface area contributed by atoms with Gasteiger partial charge in [-0.15, -0.1) is 0 Å². The number of hydrogen-bond donors (Lipinski definition) is 1. The molecule has 1 rings (SSSR count). The van der Waals surface area contributed by atoms with Gasteiger partial charge in [-0.2, -0.15) is 0 Å². The Bertz CT molecular complexity index is 549. The van der Waals surface area contributed by atoms with Crippen molar-refractivity contribution in [2.24, 2.45) is 5.92 Å². The van der Waals surface area contributed by atoms with Gasteiger partial charge >= 0.3 is 0 Å². The predicted molar refractivity (Wildman–Crippen MR) is 84.1 cm³/mol. The Morgan fingerprint density at radius 1 is 1.38 bits per heavy atom. The molecule has 5 nitrogen and oxygen atoms in total. The third-order valence-electron chi connectivity index (χ3n) is 3.30. The van der Waals surface area contributed by atoms with Crippen LogP contribution in [0, 0.1) is 16.0 Å². The Morgan fingerprint density at radius 2 is 2.00 bits per heavy atom. The Balaban J connectivity index is 2.94. The quantitative estimate of drug-likeness (QED) is 0.617. The number of carbonyl (C=O) groups excluding carboxylic acids is 1. The van der Waals surface area contributed by atoms with Crippen LogP contribution < -0.4 is 5.32 Å². The highest BCUT2D eigenvalue weighted by atomic mass is 35.5. The second-order valence-corrected chi connectivity index (χ2v) is 5.96. The molecule has 0 saturated heterocycles. The maximum absolute atomic E-state index is 12.2. The molecular weight excluding hydrogens is 315 g/mol. The highest BCUT2D eigenvalue weighted by molar-refractivity contribution is 6.44. The molecule has 1 amide bonds. The molecule has 1 N–H and O–H groups in total. The molecule has 0 radical (unpaired) electrons. The molecule has 0 aliphatic carbocycles. The van der Waals surface area contributed by atoms with Crippen molar-refractivity contribution in [3.8, 4) is 0 Å². The first-order chi connectivity index (χ1) is 9.76. The van der Waals surface area contributed by atoms with Crippen molar-refractivity contribution in [1.82, 2.24) is 5.32 Å². The van der Waals surface area contributed by atoms with E-state index in [4.69, 9.17) is 23.2 Å². The summed E-state index contributed by atoms with van der Waals surface area (Å²) >= 11 is 11.8. The number of amides is 1. The van der Waals surface area contributed by atoms with Crippen molar-refractivity contribution in [2.75, 3.05) is 0 Å². The van der Waals surface area contributed by atoms with E-state index in [0.29, 0.717) is 5.92 Å². The lowest BCUT2D eigenvalue weighted by molar-refractivity contribution is -0.384. The molecule has 0 aliphatic rings. The predicted octanol–water partition coefficient (Wildman–Crippen LogP) is 4.46. The zero-order valence-electron chi connectivity index (χ0n) is 12.2. The average Bonchev–Trinajstić information content (AvgIpc) is 2.40. The molecule has 2 atom stereocenters. The van der Waals surface area contributed by atoms with Gasteiger partial charge < -0.3 is 5.32 Å². The van der Waals surface area contributed by atoms with Crippen LogP contribution in [0.5, 0.6) is 0 Å². The van der Waals surface area contributed by atoms with Gasteiger partial charge in [0.2, 0.25) is 0 Å². The second-order valence-electron chi connectivity index (χ2n) is 5.17. The van der Waals surface area contributed by atoms with Gasteiger partial charge in [-0.3, -0.25) is 14.9 Å². The minimum Gasteiger partial charge on any atom is -0.350 e. The van der Waals surface area contributed by atoms with Crippen LogP contribution >= 0.6 is 23.2 Å². The van der Waals surface area contributed by atoms with Gasteiger partial charge in [-0.05, 0) is 19.3 Å². The van der Waals surface area contributed by atoms with Crippen LogP contribution in [-0.2, 0) is 0 Å². The van der Waals surface area contributed by atoms with Gasteiger partial charge in [0.05, 0.1) is 20.5 Å². The zero-order valence-corrected chi connectivity index (χ0v) is 13.7. The second kappa shape index (κ2) is 7.61. The highest BCUT2D eigenvalue weighted by Crippen LogP contribution is 2.31. The summed E-state index contributed by atoms with van der Waals surface area (Å²) in [6.07, 6.45) is 1.84. The summed E-state index contributed by atoms with van der Waals surface area (Å²) in [6, 6.07) is 2.21. The molecule has 0 fully saturated rings. The molecule has 0 aliphatic heterocycles. The highest BCUT2D eigenvalue weighted by Gasteiger charge is 2.20. The summed E-state index contributed by atoms with van der Waals surface area (Å²) in [5.74, 6) is 0.0193. The van der Waals surface area contributed by atoms with Crippen LogP contribution in [0.15, 0.2) is 12.1 Å². The van der Waals surface area contributed by atoms with Crippen molar-refractivity contribution < 1.29 is 9.72 Å². The molecule has 1 aromatic rings. The molecule has 1 aromatic carbocycles. The van der Waals surface area contributed by atoms with Gasteiger partial charge in [0.1, 0.15) is 0 Å². The SMILES string of the molecule is CCC(C)CC(C)NC(=O)c1cc([N+](=O)[O-])cc(Cl)c1Cl. The van der Waals surface area contributed by atoms with Crippen molar-refractivity contribution in [1.29, 1.82) is 0 Å². The van der Waals surface area contributed by atoms with E-state index in [-0.39, 0.29) is 27.3 Å². The van der Waals surface area contributed by atoms with Gasteiger partial charge in [0.15, 0.2) is 0 Å². The first kappa shape index (κ1) is 17.7. The number of halogens is 2. The number of nitro benzene ring substituents is 1. The van der Waals surface area contributed by atoms with Crippen molar-refractivity contribution >= 4 is 34.8 Å². The van der Waals surface area contributed by atoms with Crippen LogP contribution in [-0.4, -0.2) is 16.9 Å². The van der Waals surface area contributed by atoms with E-state index in [0.717, 1.165) is 25.0 Å². The van der Waals surface area contributed by atoms with E-state index in [1.54, 1.807) is 0 Å². The van der Waals surface area contributed by atoms with E-state index < -0.39 is 10.8 Å². The van der Waals surface area contributed by atoms with Gasteiger partial charge in [-0.1, -0.05) is 43.5 Å². The summed E-state index contributed by atoms with van der Waals surface area (Å²) < 4.78 is 0. The number of nitrogens with one attached hydrogen (secondary N) is 1. The van der Waals surface area contributed by atoms with Gasteiger partial charge in [-0.25, -0.2) is 0 Å². The summed E-state index contributed by atoms with van der Waals surface area (Å²) in [5, 5.41) is 13.6. The molecule has 0 heterocycles. The van der Waals surface area contributed by atoms with E-state index in [2.05, 4.69) is 19.2 Å². The molecule has 7 heteroatoms. The third kappa shape index (κ3) is 4.86. The molecule has 0 aromatic heterocycles. The molecule has 0 bridgehead atoms. The number of benzene rings is 1. The van der Waals surface area contributed by atoms with Crippen molar-refractivity contribution in [3.05, 3.63) is 37.9 Å². The minimum atomic E-state index is -0.610. The molecule has 2 unspecified atom stereocenters. The summed E-state index contributed by atoms with van der Waals surface area (Å²) in [7, 11) is 0. The van der Waals surface area contributed by atoms with E-state index >= 15 is 0 Å². The molecular formula is C14H18Cl2N2O3. The van der Waals surface area contributed by atoms with Crippen LogP contribution in [0.1, 0.15) is 44.0 Å². The number of nitrogens with zero attached hydrogens (tertiary/aromatic N) is 1. The normalized spacial score (nSPS) is 13.6. The van der Waals surface area contributed by atoms with Crippen molar-refractivity contribution in [2.45, 2.75) is 39.7 Å². The van der Waals surface area contributed by atoms with Crippen LogP contribution in [0.25, 0.3) is 0 Å². The molecule has 21 heavy (non-hydrogen) atoms. The zero-order chi connectivity index (χ0) is 16.2. The fourth-order valence-electron chi connectivity index (χ4n) is 1.98. The maximum Gasteiger partial charge on any atom is 0.271 e. The first-order valence-electron chi connectivity index (χ1n) is 6.70. The van der Waals surface area contributed by atoms with E-state index in [1.165, 1.54) is 0 Å². The monoisotopic (exact) mass is 332 g/mol. The Kier molecular flexibility index (Phi) is 6.42. The minimum absolute atomic E-state index is 0.00871. The smallest absolute Gasteiger partial charge is 0.271 e. The maximum atomic E-state index is 12.2. The molecule has 0 spiro atoms. The Labute approximate surface area is 133 Å². The van der Waals surface area contributed by atoms with Crippen LogP contribution in [0.2, 0.25) is 10.0 Å². The first-order valence-corrected chi connectivity index (χ1v) is 7.46. The number of nitro groups is 1. The van der Waals surface area contributed by atoms with Gasteiger partial charge in [0.25, 0.3) is 11.6 Å². The largest absolute Gasteiger partial charge is 0.350 e. The number of carbonyl (C=O) groups is 1. The number of non-ortho nitro benzene ring substituents is 1. The summed E-state index contributed by atoms with van der Waals surface area (Å²) in [6.45, 7) is 6.06.